The molecule has 1 rings (SSSR count). The molecule has 0 aromatic heterocycles. The van der Waals surface area contributed by atoms with E-state index in [1.54, 1.807) is 6.92 Å². The van der Waals surface area contributed by atoms with E-state index in [0.717, 1.165) is 5.69 Å². The highest BCUT2D eigenvalue weighted by molar-refractivity contribution is 5.85. The topological polar surface area (TPSA) is 49.3 Å². The molecule has 0 fully saturated rings. The molecule has 0 aliphatic rings. The van der Waals surface area contributed by atoms with E-state index in [2.05, 4.69) is 5.32 Å². The van der Waals surface area contributed by atoms with E-state index in [-0.39, 0.29) is 12.4 Å². The first kappa shape index (κ1) is 11.8. The average Bonchev–Trinajstić information content (AvgIpc) is 2.06. The Balaban J connectivity index is 0.00000144. The van der Waals surface area contributed by atoms with Crippen LogP contribution >= 0.6 is 12.4 Å². The molecule has 0 aliphatic heterocycles. The zero-order chi connectivity index (χ0) is 8.97. The first-order valence-corrected chi connectivity index (χ1v) is 3.74. The summed E-state index contributed by atoms with van der Waals surface area (Å²) in [5.41, 5.74) is 0.826. The first-order valence-electron chi connectivity index (χ1n) is 3.74. The number of halogens is 1. The van der Waals surface area contributed by atoms with Crippen LogP contribution in [0.3, 0.4) is 0 Å². The van der Waals surface area contributed by atoms with Gasteiger partial charge in [-0.05, 0) is 19.1 Å². The van der Waals surface area contributed by atoms with Gasteiger partial charge in [-0.3, -0.25) is 4.79 Å². The molecule has 0 heterocycles. The molecule has 72 valence electrons. The van der Waals surface area contributed by atoms with Crippen molar-refractivity contribution in [3.8, 4) is 0 Å². The fourth-order valence-corrected chi connectivity index (χ4v) is 0.846. The van der Waals surface area contributed by atoms with E-state index >= 15 is 0 Å². The minimum absolute atomic E-state index is 0. The number of carboxylic acids is 1. The van der Waals surface area contributed by atoms with Gasteiger partial charge >= 0.3 is 5.97 Å². The van der Waals surface area contributed by atoms with Gasteiger partial charge in [0, 0.05) is 5.69 Å². The van der Waals surface area contributed by atoms with Crippen LogP contribution < -0.4 is 5.32 Å². The van der Waals surface area contributed by atoms with Crippen molar-refractivity contribution in [2.75, 3.05) is 5.32 Å². The predicted octanol–water partition coefficient (Wildman–Crippen LogP) is 1.99. The molecule has 0 radical (unpaired) electrons. The number of carboxylic acid groups (broad SMARTS) is 1. The fourth-order valence-electron chi connectivity index (χ4n) is 0.846. The van der Waals surface area contributed by atoms with Crippen LogP contribution in [0, 0.1) is 0 Å². The summed E-state index contributed by atoms with van der Waals surface area (Å²) >= 11 is 0. The Hall–Kier alpha value is -1.22. The third-order valence-electron chi connectivity index (χ3n) is 1.53. The number of benzene rings is 1. The Labute approximate surface area is 83.2 Å². The van der Waals surface area contributed by atoms with Crippen LogP contribution in [-0.2, 0) is 4.79 Å². The van der Waals surface area contributed by atoms with Crippen LogP contribution in [0.5, 0.6) is 0 Å². The molecule has 0 saturated heterocycles. The summed E-state index contributed by atoms with van der Waals surface area (Å²) in [5.74, 6) is -0.848. The Morgan fingerprint density at radius 3 is 2.38 bits per heavy atom. The van der Waals surface area contributed by atoms with Gasteiger partial charge in [0.05, 0.1) is 0 Å². The van der Waals surface area contributed by atoms with Gasteiger partial charge in [0.25, 0.3) is 0 Å². The minimum atomic E-state index is -0.848. The Morgan fingerprint density at radius 2 is 1.92 bits per heavy atom. The number of hydrogen-bond acceptors (Lipinski definition) is 2. The number of aliphatic carboxylic acids is 1. The normalized spacial score (nSPS) is 11.2. The summed E-state index contributed by atoms with van der Waals surface area (Å²) in [6.45, 7) is 1.61. The lowest BCUT2D eigenvalue weighted by atomic mass is 10.3. The minimum Gasteiger partial charge on any atom is -0.480 e. The van der Waals surface area contributed by atoms with Crippen molar-refractivity contribution in [2.45, 2.75) is 13.0 Å². The number of para-hydroxylation sites is 1. The van der Waals surface area contributed by atoms with Gasteiger partial charge in [-0.1, -0.05) is 18.2 Å². The summed E-state index contributed by atoms with van der Waals surface area (Å²) in [6, 6.07) is 8.72. The van der Waals surface area contributed by atoms with Crippen molar-refractivity contribution < 1.29 is 9.90 Å². The third kappa shape index (κ3) is 3.80. The average molecular weight is 202 g/mol. The summed E-state index contributed by atoms with van der Waals surface area (Å²) in [6.07, 6.45) is 0. The lowest BCUT2D eigenvalue weighted by Crippen LogP contribution is -2.25. The molecule has 0 spiro atoms. The van der Waals surface area contributed by atoms with Crippen LogP contribution in [0.25, 0.3) is 0 Å². The second-order valence-corrected chi connectivity index (χ2v) is 2.57. The summed E-state index contributed by atoms with van der Waals surface area (Å²) < 4.78 is 0. The van der Waals surface area contributed by atoms with Gasteiger partial charge in [-0.15, -0.1) is 12.4 Å². The molecule has 1 aromatic rings. The highest BCUT2D eigenvalue weighted by atomic mass is 35.5. The van der Waals surface area contributed by atoms with Gasteiger partial charge in [0.15, 0.2) is 0 Å². The SMILES string of the molecule is CC(Nc1ccccc1)C(=O)O.Cl. The lowest BCUT2D eigenvalue weighted by Gasteiger charge is -2.09. The fraction of sp³-hybridized carbons (Fsp3) is 0.222. The molecule has 13 heavy (non-hydrogen) atoms. The molecule has 0 amide bonds. The number of anilines is 1. The molecule has 0 aliphatic carbocycles. The lowest BCUT2D eigenvalue weighted by molar-refractivity contribution is -0.137. The maximum absolute atomic E-state index is 10.4. The molecular formula is C9H12ClNO2. The smallest absolute Gasteiger partial charge is 0.325 e. The first-order chi connectivity index (χ1) is 5.70. The van der Waals surface area contributed by atoms with E-state index in [1.807, 2.05) is 30.3 Å². The van der Waals surface area contributed by atoms with Crippen LogP contribution in [0.15, 0.2) is 30.3 Å². The van der Waals surface area contributed by atoms with E-state index in [1.165, 1.54) is 0 Å². The van der Waals surface area contributed by atoms with Crippen molar-refractivity contribution >= 4 is 24.1 Å². The Kier molecular flexibility index (Phi) is 4.92. The molecule has 3 nitrogen and oxygen atoms in total. The second kappa shape index (κ2) is 5.43. The van der Waals surface area contributed by atoms with E-state index < -0.39 is 12.0 Å². The van der Waals surface area contributed by atoms with Crippen molar-refractivity contribution in [3.05, 3.63) is 30.3 Å². The van der Waals surface area contributed by atoms with Gasteiger partial charge < -0.3 is 10.4 Å². The van der Waals surface area contributed by atoms with Gasteiger partial charge in [0.1, 0.15) is 6.04 Å². The van der Waals surface area contributed by atoms with Crippen LogP contribution in [0.4, 0.5) is 5.69 Å². The van der Waals surface area contributed by atoms with Gasteiger partial charge in [-0.25, -0.2) is 0 Å². The molecule has 1 unspecified atom stereocenters. The van der Waals surface area contributed by atoms with E-state index in [9.17, 15) is 4.79 Å². The molecule has 1 atom stereocenters. The maximum atomic E-state index is 10.4. The third-order valence-corrected chi connectivity index (χ3v) is 1.53. The number of hydrogen-bond donors (Lipinski definition) is 2. The van der Waals surface area contributed by atoms with Gasteiger partial charge in [-0.2, -0.15) is 0 Å². The maximum Gasteiger partial charge on any atom is 0.325 e. The summed E-state index contributed by atoms with van der Waals surface area (Å²) in [7, 11) is 0. The van der Waals surface area contributed by atoms with E-state index in [4.69, 9.17) is 5.11 Å². The molecule has 0 bridgehead atoms. The van der Waals surface area contributed by atoms with Gasteiger partial charge in [0.2, 0.25) is 0 Å². The number of carbonyl (C=O) groups is 1. The molecular weight excluding hydrogens is 190 g/mol. The zero-order valence-electron chi connectivity index (χ0n) is 7.23. The molecule has 1 aromatic carbocycles. The quantitative estimate of drug-likeness (QED) is 0.787. The Morgan fingerprint density at radius 1 is 1.38 bits per heavy atom. The summed E-state index contributed by atoms with van der Waals surface area (Å²) in [5, 5.41) is 11.4. The van der Waals surface area contributed by atoms with Crippen molar-refractivity contribution in [3.63, 3.8) is 0 Å². The molecule has 0 saturated carbocycles. The van der Waals surface area contributed by atoms with E-state index in [0.29, 0.717) is 0 Å². The zero-order valence-corrected chi connectivity index (χ0v) is 8.04. The van der Waals surface area contributed by atoms with Crippen molar-refractivity contribution in [1.29, 1.82) is 0 Å². The largest absolute Gasteiger partial charge is 0.480 e. The Bertz CT molecular complexity index is 264. The van der Waals surface area contributed by atoms with Crippen molar-refractivity contribution in [1.82, 2.24) is 0 Å². The second-order valence-electron chi connectivity index (χ2n) is 2.57. The molecule has 4 heteroatoms. The van der Waals surface area contributed by atoms with Crippen LogP contribution in [0.1, 0.15) is 6.92 Å². The van der Waals surface area contributed by atoms with Crippen molar-refractivity contribution in [2.24, 2.45) is 0 Å². The highest BCUT2D eigenvalue weighted by Gasteiger charge is 2.08. The number of rotatable bonds is 3. The highest BCUT2D eigenvalue weighted by Crippen LogP contribution is 2.06. The number of nitrogens with one attached hydrogen (secondary N) is 1. The summed E-state index contributed by atoms with van der Waals surface area (Å²) in [4.78, 5) is 10.4. The monoisotopic (exact) mass is 201 g/mol. The standard InChI is InChI=1S/C9H11NO2.ClH/c1-7(9(11)12)10-8-5-3-2-4-6-8;/h2-7,10H,1H3,(H,11,12);1H. The van der Waals surface area contributed by atoms with Crippen LogP contribution in [-0.4, -0.2) is 17.1 Å². The van der Waals surface area contributed by atoms with Crippen LogP contribution in [0.2, 0.25) is 0 Å². The molecule has 2 N–H and O–H groups in total. The predicted molar refractivity (Wildman–Crippen MR) is 54.4 cm³/mol.